The lowest BCUT2D eigenvalue weighted by Crippen LogP contribution is -2.17. The average Bonchev–Trinajstić information content (AvgIpc) is 2.37. The number of aromatic nitrogens is 1. The summed E-state index contributed by atoms with van der Waals surface area (Å²) in [4.78, 5) is 15.1. The van der Waals surface area contributed by atoms with Gasteiger partial charge in [0.15, 0.2) is 6.10 Å². The maximum absolute atomic E-state index is 11.4. The van der Waals surface area contributed by atoms with E-state index in [-0.39, 0.29) is 17.7 Å². The number of nitrogens with zero attached hydrogens (tertiary/aromatic N) is 2. The Balaban J connectivity index is 2.94. The van der Waals surface area contributed by atoms with Crippen molar-refractivity contribution in [3.05, 3.63) is 29.6 Å². The van der Waals surface area contributed by atoms with Crippen molar-refractivity contribution in [2.24, 2.45) is 0 Å². The molecule has 90 valence electrons. The summed E-state index contributed by atoms with van der Waals surface area (Å²) < 4.78 is 4.76. The molecule has 0 bridgehead atoms. The zero-order chi connectivity index (χ0) is 12.8. The summed E-state index contributed by atoms with van der Waals surface area (Å²) >= 11 is 0. The van der Waals surface area contributed by atoms with Gasteiger partial charge in [-0.2, -0.15) is 5.26 Å². The minimum absolute atomic E-state index is 0.161. The van der Waals surface area contributed by atoms with Gasteiger partial charge in [-0.05, 0) is 13.0 Å². The van der Waals surface area contributed by atoms with E-state index in [9.17, 15) is 9.90 Å². The largest absolute Gasteiger partial charge is 0.462 e. The Morgan fingerprint density at radius 3 is 2.88 bits per heavy atom. The lowest BCUT2D eigenvalue weighted by molar-refractivity contribution is 0.0503. The molecule has 0 aliphatic heterocycles. The van der Waals surface area contributed by atoms with Gasteiger partial charge in [-0.25, -0.2) is 4.79 Å². The molecule has 0 aliphatic rings. The maximum Gasteiger partial charge on any atom is 0.339 e. The third kappa shape index (κ3) is 3.24. The van der Waals surface area contributed by atoms with Gasteiger partial charge in [-0.1, -0.05) is 0 Å². The van der Waals surface area contributed by atoms with Crippen molar-refractivity contribution in [1.82, 2.24) is 4.98 Å². The van der Waals surface area contributed by atoms with Crippen LogP contribution in [0, 0.1) is 11.3 Å². The van der Waals surface area contributed by atoms with E-state index in [0.717, 1.165) is 0 Å². The van der Waals surface area contributed by atoms with Crippen LogP contribution < -0.4 is 0 Å². The molecule has 0 radical (unpaired) electrons. The number of carbonyl (C=O) groups excluding carboxylic acids is 1. The van der Waals surface area contributed by atoms with Crippen molar-refractivity contribution < 1.29 is 19.7 Å². The number of carbonyl (C=O) groups is 1. The Morgan fingerprint density at radius 2 is 2.29 bits per heavy atom. The molecule has 0 aromatic carbocycles. The fourth-order valence-electron chi connectivity index (χ4n) is 1.20. The zero-order valence-corrected chi connectivity index (χ0v) is 9.20. The third-order valence-electron chi connectivity index (χ3n) is 2.04. The van der Waals surface area contributed by atoms with Crippen molar-refractivity contribution in [3.63, 3.8) is 0 Å². The average molecular weight is 236 g/mol. The first-order valence-corrected chi connectivity index (χ1v) is 4.98. The van der Waals surface area contributed by atoms with E-state index in [2.05, 4.69) is 4.98 Å². The Labute approximate surface area is 98.1 Å². The van der Waals surface area contributed by atoms with E-state index in [1.165, 1.54) is 24.5 Å². The molecule has 0 saturated heterocycles. The molecule has 6 nitrogen and oxygen atoms in total. The Bertz CT molecular complexity index is 441. The summed E-state index contributed by atoms with van der Waals surface area (Å²) in [6.07, 6.45) is -0.405. The molecule has 0 fully saturated rings. The van der Waals surface area contributed by atoms with Crippen LogP contribution in [0.5, 0.6) is 0 Å². The van der Waals surface area contributed by atoms with Gasteiger partial charge in [0.1, 0.15) is 6.10 Å². The quantitative estimate of drug-likeness (QED) is 0.570. The number of hydrogen-bond acceptors (Lipinski definition) is 6. The minimum Gasteiger partial charge on any atom is -0.462 e. The predicted octanol–water partition coefficient (Wildman–Crippen LogP) is 0.176. The van der Waals surface area contributed by atoms with Crippen molar-refractivity contribution >= 4 is 5.97 Å². The number of esters is 1. The van der Waals surface area contributed by atoms with Crippen LogP contribution in [0.15, 0.2) is 18.5 Å². The van der Waals surface area contributed by atoms with Crippen molar-refractivity contribution in [1.29, 1.82) is 5.26 Å². The van der Waals surface area contributed by atoms with Gasteiger partial charge in [0.05, 0.1) is 18.2 Å². The van der Waals surface area contributed by atoms with Crippen molar-refractivity contribution in [3.8, 4) is 6.07 Å². The highest BCUT2D eigenvalue weighted by atomic mass is 16.5. The first-order valence-electron chi connectivity index (χ1n) is 4.98. The predicted molar refractivity (Wildman–Crippen MR) is 56.8 cm³/mol. The van der Waals surface area contributed by atoms with E-state index in [1.807, 2.05) is 0 Å². The monoisotopic (exact) mass is 236 g/mol. The summed E-state index contributed by atoms with van der Waals surface area (Å²) in [6.45, 7) is 1.90. The number of hydrogen-bond donors (Lipinski definition) is 2. The van der Waals surface area contributed by atoms with Gasteiger partial charge in [-0.3, -0.25) is 4.98 Å². The molecule has 0 aliphatic carbocycles. The van der Waals surface area contributed by atoms with Gasteiger partial charge in [0.2, 0.25) is 0 Å². The SMILES string of the molecule is CCOC(=O)c1cncc(C(O)C(O)C#N)c1. The summed E-state index contributed by atoms with van der Waals surface area (Å²) in [7, 11) is 0. The molecule has 1 rings (SSSR count). The summed E-state index contributed by atoms with van der Waals surface area (Å²) in [6, 6.07) is 2.83. The van der Waals surface area contributed by atoms with Gasteiger partial charge in [-0.15, -0.1) is 0 Å². The van der Waals surface area contributed by atoms with Gasteiger partial charge >= 0.3 is 5.97 Å². The molecule has 1 heterocycles. The van der Waals surface area contributed by atoms with Crippen LogP contribution in [-0.4, -0.2) is 33.9 Å². The van der Waals surface area contributed by atoms with E-state index >= 15 is 0 Å². The van der Waals surface area contributed by atoms with Crippen LogP contribution in [-0.2, 0) is 4.74 Å². The number of nitriles is 1. The van der Waals surface area contributed by atoms with Crippen LogP contribution in [0.1, 0.15) is 28.9 Å². The highest BCUT2D eigenvalue weighted by Crippen LogP contribution is 2.17. The third-order valence-corrected chi connectivity index (χ3v) is 2.04. The molecule has 2 unspecified atom stereocenters. The smallest absolute Gasteiger partial charge is 0.339 e. The molecule has 1 aromatic rings. The van der Waals surface area contributed by atoms with Crippen LogP contribution in [0.25, 0.3) is 0 Å². The fourth-order valence-corrected chi connectivity index (χ4v) is 1.20. The molecule has 0 saturated carbocycles. The number of aliphatic hydroxyl groups excluding tert-OH is 2. The van der Waals surface area contributed by atoms with Crippen LogP contribution in [0.2, 0.25) is 0 Å². The van der Waals surface area contributed by atoms with E-state index < -0.39 is 18.2 Å². The molecule has 2 N–H and O–H groups in total. The molecular weight excluding hydrogens is 224 g/mol. The second-order valence-corrected chi connectivity index (χ2v) is 3.25. The normalized spacial score (nSPS) is 13.5. The minimum atomic E-state index is -1.56. The lowest BCUT2D eigenvalue weighted by atomic mass is 10.1. The van der Waals surface area contributed by atoms with E-state index in [1.54, 1.807) is 6.92 Å². The number of ether oxygens (including phenoxy) is 1. The number of rotatable bonds is 4. The summed E-state index contributed by atoms with van der Waals surface area (Å²) in [5.41, 5.74) is 0.346. The van der Waals surface area contributed by atoms with Crippen LogP contribution in [0.4, 0.5) is 0 Å². The molecule has 0 amide bonds. The maximum atomic E-state index is 11.4. The molecule has 6 heteroatoms. The Kier molecular flexibility index (Phi) is 4.57. The second kappa shape index (κ2) is 5.94. The van der Waals surface area contributed by atoms with E-state index in [0.29, 0.717) is 0 Å². The molecule has 17 heavy (non-hydrogen) atoms. The topological polar surface area (TPSA) is 103 Å². The Morgan fingerprint density at radius 1 is 1.59 bits per heavy atom. The molecule has 1 aromatic heterocycles. The molecule has 2 atom stereocenters. The van der Waals surface area contributed by atoms with E-state index in [4.69, 9.17) is 15.1 Å². The first-order chi connectivity index (χ1) is 8.10. The van der Waals surface area contributed by atoms with Crippen LogP contribution >= 0.6 is 0 Å². The zero-order valence-electron chi connectivity index (χ0n) is 9.20. The highest BCUT2D eigenvalue weighted by molar-refractivity contribution is 5.89. The Hall–Kier alpha value is -1.97. The second-order valence-electron chi connectivity index (χ2n) is 3.25. The summed E-state index contributed by atoms with van der Waals surface area (Å²) in [5.74, 6) is -0.569. The highest BCUT2D eigenvalue weighted by Gasteiger charge is 2.19. The van der Waals surface area contributed by atoms with Crippen molar-refractivity contribution in [2.75, 3.05) is 6.61 Å². The molecule has 0 spiro atoms. The molecular formula is C11H12N2O4. The van der Waals surface area contributed by atoms with Gasteiger partial charge in [0.25, 0.3) is 0 Å². The first kappa shape index (κ1) is 13.1. The summed E-state index contributed by atoms with van der Waals surface area (Å²) in [5, 5.41) is 27.2. The van der Waals surface area contributed by atoms with Crippen LogP contribution in [0.3, 0.4) is 0 Å². The van der Waals surface area contributed by atoms with Gasteiger partial charge < -0.3 is 14.9 Å². The van der Waals surface area contributed by atoms with Gasteiger partial charge in [0, 0.05) is 18.0 Å². The van der Waals surface area contributed by atoms with Crippen molar-refractivity contribution in [2.45, 2.75) is 19.1 Å². The standard InChI is InChI=1S/C11H12N2O4/c1-2-17-11(16)8-3-7(5-13-6-8)10(15)9(14)4-12/h3,5-6,9-10,14-15H,2H2,1H3. The fraction of sp³-hybridized carbons (Fsp3) is 0.364. The lowest BCUT2D eigenvalue weighted by Gasteiger charge is -2.12. The number of pyridine rings is 1. The number of aliphatic hydroxyl groups is 2.